The van der Waals surface area contributed by atoms with Crippen LogP contribution in [0.25, 0.3) is 0 Å². The minimum absolute atomic E-state index is 0.896. The highest BCUT2D eigenvalue weighted by molar-refractivity contribution is 5.79. The molecule has 0 fully saturated rings. The van der Waals surface area contributed by atoms with E-state index in [2.05, 4.69) is 11.9 Å². The Morgan fingerprint density at radius 2 is 1.25 bits per heavy atom. The molecule has 1 aromatic rings. The smallest absolute Gasteiger partial charge is 0.118 e. The molecule has 0 unspecified atom stereocenters. The monoisotopic (exact) mass is 331 g/mol. The zero-order valence-electron chi connectivity index (χ0n) is 15.9. The number of methoxy groups -OCH3 is 1. The predicted molar refractivity (Wildman–Crippen MR) is 107 cm³/mol. The molecule has 0 spiro atoms. The molecule has 24 heavy (non-hydrogen) atoms. The zero-order chi connectivity index (χ0) is 17.3. The second-order valence-corrected chi connectivity index (χ2v) is 6.70. The Morgan fingerprint density at radius 3 is 1.75 bits per heavy atom. The quantitative estimate of drug-likeness (QED) is 0.255. The van der Waals surface area contributed by atoms with E-state index in [4.69, 9.17) is 4.74 Å². The van der Waals surface area contributed by atoms with Crippen LogP contribution in [0.5, 0.6) is 5.75 Å². The molecule has 0 aliphatic rings. The summed E-state index contributed by atoms with van der Waals surface area (Å²) in [5.41, 5.74) is 1.15. The van der Waals surface area contributed by atoms with Crippen molar-refractivity contribution in [3.8, 4) is 5.75 Å². The minimum atomic E-state index is 0.896. The number of hydrogen-bond acceptors (Lipinski definition) is 2. The van der Waals surface area contributed by atoms with Crippen molar-refractivity contribution in [3.05, 3.63) is 29.8 Å². The molecule has 0 N–H and O–H groups in total. The summed E-state index contributed by atoms with van der Waals surface area (Å²) in [7, 11) is 1.69. The molecule has 0 bridgehead atoms. The Morgan fingerprint density at radius 1 is 0.750 bits per heavy atom. The molecular formula is C22H37NO. The van der Waals surface area contributed by atoms with E-state index in [1.807, 2.05) is 30.5 Å². The SMILES string of the molecule is CCCCCCCCCCCCCCN=Cc1ccc(OC)cc1. The average Bonchev–Trinajstić information content (AvgIpc) is 2.62. The third-order valence-corrected chi connectivity index (χ3v) is 4.50. The highest BCUT2D eigenvalue weighted by atomic mass is 16.5. The van der Waals surface area contributed by atoms with Gasteiger partial charge in [0.15, 0.2) is 0 Å². The van der Waals surface area contributed by atoms with Crippen molar-refractivity contribution < 1.29 is 4.74 Å². The van der Waals surface area contributed by atoms with E-state index in [0.717, 1.165) is 17.9 Å². The fourth-order valence-corrected chi connectivity index (χ4v) is 2.90. The van der Waals surface area contributed by atoms with Gasteiger partial charge in [0.1, 0.15) is 5.75 Å². The van der Waals surface area contributed by atoms with Crippen molar-refractivity contribution in [2.75, 3.05) is 13.7 Å². The first-order chi connectivity index (χ1) is 11.9. The van der Waals surface area contributed by atoms with Crippen molar-refractivity contribution in [1.29, 1.82) is 0 Å². The standard InChI is InChI=1S/C22H37NO/c1-3-4-5-6-7-8-9-10-11-12-13-14-19-23-20-21-15-17-22(24-2)18-16-21/h15-18,20H,3-14,19H2,1-2H3. The number of unbranched alkanes of at least 4 members (excludes halogenated alkanes) is 11. The van der Waals surface area contributed by atoms with Gasteiger partial charge in [0.05, 0.1) is 7.11 Å². The van der Waals surface area contributed by atoms with Crippen LogP contribution >= 0.6 is 0 Å². The van der Waals surface area contributed by atoms with Crippen LogP contribution in [0.4, 0.5) is 0 Å². The van der Waals surface area contributed by atoms with Crippen LogP contribution in [0, 0.1) is 0 Å². The average molecular weight is 332 g/mol. The van der Waals surface area contributed by atoms with Gasteiger partial charge in [-0.1, -0.05) is 77.6 Å². The molecule has 0 aliphatic carbocycles. The molecular weight excluding hydrogens is 294 g/mol. The topological polar surface area (TPSA) is 21.6 Å². The van der Waals surface area contributed by atoms with Crippen LogP contribution in [0.1, 0.15) is 89.5 Å². The number of hydrogen-bond donors (Lipinski definition) is 0. The first kappa shape index (κ1) is 20.7. The first-order valence-corrected chi connectivity index (χ1v) is 10.0. The summed E-state index contributed by atoms with van der Waals surface area (Å²) in [4.78, 5) is 4.51. The number of ether oxygens (including phenoxy) is 1. The molecule has 0 aliphatic heterocycles. The van der Waals surface area contributed by atoms with Gasteiger partial charge in [-0.25, -0.2) is 0 Å². The predicted octanol–water partition coefficient (Wildman–Crippen LogP) is 6.82. The molecule has 0 saturated heterocycles. The lowest BCUT2D eigenvalue weighted by atomic mass is 10.1. The fourth-order valence-electron chi connectivity index (χ4n) is 2.90. The van der Waals surface area contributed by atoms with Crippen LogP contribution in [0.15, 0.2) is 29.3 Å². The van der Waals surface area contributed by atoms with Gasteiger partial charge >= 0.3 is 0 Å². The molecule has 0 heterocycles. The van der Waals surface area contributed by atoms with Crippen molar-refractivity contribution in [2.24, 2.45) is 4.99 Å². The molecule has 0 saturated carbocycles. The van der Waals surface area contributed by atoms with Gasteiger partial charge < -0.3 is 4.74 Å². The fraction of sp³-hybridized carbons (Fsp3) is 0.682. The lowest BCUT2D eigenvalue weighted by Crippen LogP contribution is -1.87. The summed E-state index contributed by atoms with van der Waals surface area (Å²) in [5, 5.41) is 0. The Bertz CT molecular complexity index is 410. The Balaban J connectivity index is 1.87. The van der Waals surface area contributed by atoms with Crippen LogP contribution < -0.4 is 4.74 Å². The molecule has 1 rings (SSSR count). The van der Waals surface area contributed by atoms with E-state index in [0.29, 0.717) is 0 Å². The van der Waals surface area contributed by atoms with E-state index in [1.54, 1.807) is 7.11 Å². The molecule has 0 aromatic heterocycles. The summed E-state index contributed by atoms with van der Waals surface area (Å²) < 4.78 is 5.15. The molecule has 0 radical (unpaired) electrons. The molecule has 0 atom stereocenters. The van der Waals surface area contributed by atoms with Crippen LogP contribution in [0.2, 0.25) is 0 Å². The summed E-state index contributed by atoms with van der Waals surface area (Å²) in [6.45, 7) is 3.23. The maximum atomic E-state index is 5.15. The Kier molecular flexibility index (Phi) is 13.2. The van der Waals surface area contributed by atoms with Crippen LogP contribution in [-0.4, -0.2) is 19.9 Å². The number of benzene rings is 1. The van der Waals surface area contributed by atoms with Gasteiger partial charge in [0.2, 0.25) is 0 Å². The lowest BCUT2D eigenvalue weighted by Gasteiger charge is -2.02. The van der Waals surface area contributed by atoms with E-state index in [1.165, 1.54) is 77.0 Å². The normalized spacial score (nSPS) is 11.2. The second-order valence-electron chi connectivity index (χ2n) is 6.70. The summed E-state index contributed by atoms with van der Waals surface area (Å²) in [6.07, 6.45) is 18.7. The largest absolute Gasteiger partial charge is 0.497 e. The maximum absolute atomic E-state index is 5.15. The van der Waals surface area contributed by atoms with E-state index in [-0.39, 0.29) is 0 Å². The highest BCUT2D eigenvalue weighted by Gasteiger charge is 1.94. The molecule has 136 valence electrons. The molecule has 1 aromatic carbocycles. The highest BCUT2D eigenvalue weighted by Crippen LogP contribution is 2.12. The van der Waals surface area contributed by atoms with Gasteiger partial charge in [0, 0.05) is 12.8 Å². The van der Waals surface area contributed by atoms with Crippen molar-refractivity contribution >= 4 is 6.21 Å². The van der Waals surface area contributed by atoms with Gasteiger partial charge in [-0.2, -0.15) is 0 Å². The van der Waals surface area contributed by atoms with Crippen LogP contribution in [-0.2, 0) is 0 Å². The summed E-state index contributed by atoms with van der Waals surface area (Å²) in [5.74, 6) is 0.896. The van der Waals surface area contributed by atoms with E-state index < -0.39 is 0 Å². The Labute approximate surface area is 149 Å². The van der Waals surface area contributed by atoms with Gasteiger partial charge in [0.25, 0.3) is 0 Å². The Hall–Kier alpha value is -1.31. The lowest BCUT2D eigenvalue weighted by molar-refractivity contribution is 0.415. The number of aliphatic imine (C=N–C) groups is 1. The van der Waals surface area contributed by atoms with Crippen LogP contribution in [0.3, 0.4) is 0 Å². The second kappa shape index (κ2) is 15.2. The third-order valence-electron chi connectivity index (χ3n) is 4.50. The third kappa shape index (κ3) is 11.3. The van der Waals surface area contributed by atoms with Crippen molar-refractivity contribution in [3.63, 3.8) is 0 Å². The summed E-state index contributed by atoms with van der Waals surface area (Å²) >= 11 is 0. The first-order valence-electron chi connectivity index (χ1n) is 10.0. The molecule has 2 heteroatoms. The van der Waals surface area contributed by atoms with E-state index in [9.17, 15) is 0 Å². The maximum Gasteiger partial charge on any atom is 0.118 e. The zero-order valence-corrected chi connectivity index (χ0v) is 15.9. The molecule has 2 nitrogen and oxygen atoms in total. The van der Waals surface area contributed by atoms with Crippen molar-refractivity contribution in [2.45, 2.75) is 84.0 Å². The number of nitrogens with zero attached hydrogens (tertiary/aromatic N) is 1. The van der Waals surface area contributed by atoms with E-state index >= 15 is 0 Å². The summed E-state index contributed by atoms with van der Waals surface area (Å²) in [6, 6.07) is 8.05. The van der Waals surface area contributed by atoms with Crippen molar-refractivity contribution in [1.82, 2.24) is 0 Å². The number of rotatable bonds is 15. The van der Waals surface area contributed by atoms with Gasteiger partial charge in [-0.3, -0.25) is 4.99 Å². The minimum Gasteiger partial charge on any atom is -0.497 e. The van der Waals surface area contributed by atoms with Gasteiger partial charge in [-0.05, 0) is 36.2 Å². The van der Waals surface area contributed by atoms with Gasteiger partial charge in [-0.15, -0.1) is 0 Å². The molecule has 0 amide bonds.